The van der Waals surface area contributed by atoms with Gasteiger partial charge in [-0.3, -0.25) is 5.32 Å². The maximum absolute atomic E-state index is 11.9. The largest absolute Gasteiger partial charge is 0.368 e. The van der Waals surface area contributed by atoms with Gasteiger partial charge in [0.05, 0.1) is 0 Å². The van der Waals surface area contributed by atoms with Gasteiger partial charge in [-0.05, 0) is 48.4 Å². The van der Waals surface area contributed by atoms with Crippen molar-refractivity contribution in [2.24, 2.45) is 0 Å². The van der Waals surface area contributed by atoms with Crippen LogP contribution in [0.5, 0.6) is 0 Å². The lowest BCUT2D eigenvalue weighted by atomic mass is 10.1. The van der Waals surface area contributed by atoms with Crippen molar-refractivity contribution in [3.8, 4) is 0 Å². The van der Waals surface area contributed by atoms with Crippen molar-refractivity contribution >= 4 is 35.0 Å². The Balaban J connectivity index is 1.45. The van der Waals surface area contributed by atoms with E-state index in [1.807, 2.05) is 42.5 Å². The highest BCUT2D eigenvalue weighted by Crippen LogP contribution is 2.11. The Bertz CT molecular complexity index is 838. The molecule has 0 spiro atoms. The van der Waals surface area contributed by atoms with Gasteiger partial charge in [-0.15, -0.1) is 10.2 Å². The van der Waals surface area contributed by atoms with Crippen molar-refractivity contribution in [2.75, 3.05) is 22.5 Å². The second-order valence-corrected chi connectivity index (χ2v) is 5.99. The third-order valence-corrected chi connectivity index (χ3v) is 3.82. The SMILES string of the molecule is O=C(Nc1ccccc1)Nc1ccc(NCCc2ccc(Cl)cc2)nn1. The molecule has 0 unspecified atom stereocenters. The Morgan fingerprint density at radius 1 is 0.846 bits per heavy atom. The molecular formula is C19H18ClN5O. The molecule has 0 saturated heterocycles. The maximum atomic E-state index is 11.9. The Hall–Kier alpha value is -3.12. The third-order valence-electron chi connectivity index (χ3n) is 3.57. The number of carbonyl (C=O) groups excluding carboxylic acids is 1. The summed E-state index contributed by atoms with van der Waals surface area (Å²) in [4.78, 5) is 11.9. The molecule has 0 saturated carbocycles. The Kier molecular flexibility index (Phi) is 6.01. The van der Waals surface area contributed by atoms with E-state index < -0.39 is 0 Å². The molecular weight excluding hydrogens is 350 g/mol. The lowest BCUT2D eigenvalue weighted by Gasteiger charge is -2.08. The molecule has 0 fully saturated rings. The molecule has 0 radical (unpaired) electrons. The number of anilines is 3. The van der Waals surface area contributed by atoms with Crippen LogP contribution in [0.1, 0.15) is 5.56 Å². The van der Waals surface area contributed by atoms with Gasteiger partial charge in [0.2, 0.25) is 0 Å². The summed E-state index contributed by atoms with van der Waals surface area (Å²) in [5.41, 5.74) is 1.89. The first kappa shape index (κ1) is 17.7. The summed E-state index contributed by atoms with van der Waals surface area (Å²) in [6, 6.07) is 20.0. The number of benzene rings is 2. The van der Waals surface area contributed by atoms with Crippen LogP contribution in [0.25, 0.3) is 0 Å². The van der Waals surface area contributed by atoms with E-state index in [4.69, 9.17) is 11.6 Å². The van der Waals surface area contributed by atoms with Crippen molar-refractivity contribution < 1.29 is 4.79 Å². The van der Waals surface area contributed by atoms with Gasteiger partial charge < -0.3 is 10.6 Å². The first-order valence-electron chi connectivity index (χ1n) is 8.14. The zero-order chi connectivity index (χ0) is 18.2. The van der Waals surface area contributed by atoms with Crippen molar-refractivity contribution in [3.63, 3.8) is 0 Å². The molecule has 2 amide bonds. The van der Waals surface area contributed by atoms with Gasteiger partial charge in [0.15, 0.2) is 5.82 Å². The van der Waals surface area contributed by atoms with Gasteiger partial charge in [-0.2, -0.15) is 0 Å². The number of aromatic nitrogens is 2. The summed E-state index contributed by atoms with van der Waals surface area (Å²) < 4.78 is 0. The van der Waals surface area contributed by atoms with Gasteiger partial charge in [0.1, 0.15) is 5.82 Å². The van der Waals surface area contributed by atoms with Gasteiger partial charge in [0, 0.05) is 17.3 Å². The summed E-state index contributed by atoms with van der Waals surface area (Å²) in [7, 11) is 0. The first-order chi connectivity index (χ1) is 12.7. The quantitative estimate of drug-likeness (QED) is 0.602. The van der Waals surface area contributed by atoms with Crippen LogP contribution >= 0.6 is 11.6 Å². The number of hydrogen-bond donors (Lipinski definition) is 3. The van der Waals surface area contributed by atoms with E-state index in [9.17, 15) is 4.79 Å². The van der Waals surface area contributed by atoms with Crippen molar-refractivity contribution in [1.82, 2.24) is 10.2 Å². The van der Waals surface area contributed by atoms with E-state index in [0.29, 0.717) is 17.3 Å². The molecule has 7 heteroatoms. The minimum absolute atomic E-state index is 0.367. The fraction of sp³-hybridized carbons (Fsp3) is 0.105. The van der Waals surface area contributed by atoms with E-state index >= 15 is 0 Å². The fourth-order valence-electron chi connectivity index (χ4n) is 2.28. The first-order valence-corrected chi connectivity index (χ1v) is 8.52. The van der Waals surface area contributed by atoms with Crippen molar-refractivity contribution in [3.05, 3.63) is 77.3 Å². The van der Waals surface area contributed by atoms with Crippen LogP contribution in [0, 0.1) is 0 Å². The number of hydrogen-bond acceptors (Lipinski definition) is 4. The van der Waals surface area contributed by atoms with E-state index in [2.05, 4.69) is 26.1 Å². The molecule has 0 aliphatic rings. The predicted octanol–water partition coefficient (Wildman–Crippen LogP) is 4.43. The molecule has 0 bridgehead atoms. The number of nitrogens with one attached hydrogen (secondary N) is 3. The number of nitrogens with zero attached hydrogens (tertiary/aromatic N) is 2. The second kappa shape index (κ2) is 8.82. The number of amides is 2. The van der Waals surface area contributed by atoms with Crippen LogP contribution in [0.4, 0.5) is 22.1 Å². The number of para-hydroxylation sites is 1. The van der Waals surface area contributed by atoms with Gasteiger partial charge in [0.25, 0.3) is 0 Å². The number of carbonyl (C=O) groups is 1. The monoisotopic (exact) mass is 367 g/mol. The van der Waals surface area contributed by atoms with Crippen molar-refractivity contribution in [1.29, 1.82) is 0 Å². The molecule has 0 aliphatic heterocycles. The Morgan fingerprint density at radius 3 is 2.23 bits per heavy atom. The third kappa shape index (κ3) is 5.46. The lowest BCUT2D eigenvalue weighted by molar-refractivity contribution is 0.262. The molecule has 3 rings (SSSR count). The molecule has 132 valence electrons. The number of rotatable bonds is 6. The highest BCUT2D eigenvalue weighted by atomic mass is 35.5. The molecule has 0 aliphatic carbocycles. The van der Waals surface area contributed by atoms with E-state index in [0.717, 1.165) is 18.0 Å². The molecule has 6 nitrogen and oxygen atoms in total. The topological polar surface area (TPSA) is 78.9 Å². The smallest absolute Gasteiger partial charge is 0.324 e. The molecule has 0 atom stereocenters. The van der Waals surface area contributed by atoms with Gasteiger partial charge in [-0.25, -0.2) is 4.79 Å². The summed E-state index contributed by atoms with van der Waals surface area (Å²) in [6.45, 7) is 0.720. The molecule has 1 heterocycles. The minimum atomic E-state index is -0.367. The Labute approximate surface area is 156 Å². The summed E-state index contributed by atoms with van der Waals surface area (Å²) in [5, 5.41) is 17.3. The van der Waals surface area contributed by atoms with Crippen molar-refractivity contribution in [2.45, 2.75) is 6.42 Å². The molecule has 2 aromatic carbocycles. The minimum Gasteiger partial charge on any atom is -0.368 e. The zero-order valence-corrected chi connectivity index (χ0v) is 14.7. The average molecular weight is 368 g/mol. The summed E-state index contributed by atoms with van der Waals surface area (Å²) in [5.74, 6) is 1.02. The van der Waals surface area contributed by atoms with Crippen LogP contribution in [-0.4, -0.2) is 22.8 Å². The second-order valence-electron chi connectivity index (χ2n) is 5.55. The predicted molar refractivity (Wildman–Crippen MR) is 105 cm³/mol. The van der Waals surface area contributed by atoms with Crippen LogP contribution in [-0.2, 0) is 6.42 Å². The maximum Gasteiger partial charge on any atom is 0.324 e. The summed E-state index contributed by atoms with van der Waals surface area (Å²) >= 11 is 5.87. The number of urea groups is 1. The molecule has 3 aromatic rings. The molecule has 26 heavy (non-hydrogen) atoms. The highest BCUT2D eigenvalue weighted by molar-refractivity contribution is 6.30. The zero-order valence-electron chi connectivity index (χ0n) is 13.9. The van der Waals surface area contributed by atoms with E-state index in [1.54, 1.807) is 24.3 Å². The van der Waals surface area contributed by atoms with E-state index in [-0.39, 0.29) is 6.03 Å². The lowest BCUT2D eigenvalue weighted by Crippen LogP contribution is -2.20. The normalized spacial score (nSPS) is 10.2. The Morgan fingerprint density at radius 2 is 1.54 bits per heavy atom. The van der Waals surface area contributed by atoms with E-state index in [1.165, 1.54) is 5.56 Å². The number of halogens is 1. The standard InChI is InChI=1S/C19H18ClN5O/c20-15-8-6-14(7-9-15)12-13-21-17-10-11-18(25-24-17)23-19(26)22-16-4-2-1-3-5-16/h1-11H,12-13H2,(H,21,24)(H2,22,23,25,26). The molecule has 3 N–H and O–H groups in total. The van der Waals surface area contributed by atoms with Crippen LogP contribution in [0.2, 0.25) is 5.02 Å². The molecule has 1 aromatic heterocycles. The van der Waals surface area contributed by atoms with Gasteiger partial charge >= 0.3 is 6.03 Å². The fourth-order valence-corrected chi connectivity index (χ4v) is 2.41. The van der Waals surface area contributed by atoms with Crippen LogP contribution in [0.15, 0.2) is 66.7 Å². The van der Waals surface area contributed by atoms with Gasteiger partial charge in [-0.1, -0.05) is 41.9 Å². The summed E-state index contributed by atoms with van der Waals surface area (Å²) in [6.07, 6.45) is 0.846. The highest BCUT2D eigenvalue weighted by Gasteiger charge is 2.04. The average Bonchev–Trinajstić information content (AvgIpc) is 2.65. The van der Waals surface area contributed by atoms with Crippen LogP contribution < -0.4 is 16.0 Å². The van der Waals surface area contributed by atoms with Crippen LogP contribution in [0.3, 0.4) is 0 Å².